The van der Waals surface area contributed by atoms with Crippen molar-refractivity contribution < 1.29 is 9.21 Å². The molecule has 0 saturated heterocycles. The number of carbonyl (C=O) groups excluding carboxylic acids is 1. The van der Waals surface area contributed by atoms with E-state index in [1.54, 1.807) is 17.0 Å². The normalized spacial score (nSPS) is 14.5. The number of benzene rings is 1. The summed E-state index contributed by atoms with van der Waals surface area (Å²) in [6.45, 7) is 0.760. The van der Waals surface area contributed by atoms with E-state index in [0.29, 0.717) is 5.76 Å². The second-order valence-corrected chi connectivity index (χ2v) is 4.17. The molecule has 0 N–H and O–H groups in total. The Hall–Kier alpha value is -2.03. The van der Waals surface area contributed by atoms with Crippen LogP contribution in [-0.4, -0.2) is 12.5 Å². The van der Waals surface area contributed by atoms with Crippen LogP contribution in [-0.2, 0) is 6.42 Å². The number of fused-ring (bicyclic) bond motifs is 1. The van der Waals surface area contributed by atoms with E-state index in [0.717, 1.165) is 25.1 Å². The molecule has 1 aliphatic rings. The molecular formula is C14H13NO2. The molecule has 2 heterocycles. The smallest absolute Gasteiger partial charge is 0.293 e. The quantitative estimate of drug-likeness (QED) is 0.750. The Morgan fingerprint density at radius 1 is 1.18 bits per heavy atom. The lowest BCUT2D eigenvalue weighted by Crippen LogP contribution is -2.35. The summed E-state index contributed by atoms with van der Waals surface area (Å²) in [6, 6.07) is 11.5. The van der Waals surface area contributed by atoms with E-state index in [-0.39, 0.29) is 5.91 Å². The first-order valence-corrected chi connectivity index (χ1v) is 5.79. The third-order valence-corrected chi connectivity index (χ3v) is 3.09. The molecule has 0 fully saturated rings. The molecule has 1 aliphatic heterocycles. The zero-order chi connectivity index (χ0) is 11.7. The lowest BCUT2D eigenvalue weighted by Gasteiger charge is -2.28. The Bertz CT molecular complexity index is 531. The highest BCUT2D eigenvalue weighted by Gasteiger charge is 2.24. The highest BCUT2D eigenvalue weighted by Crippen LogP contribution is 2.27. The van der Waals surface area contributed by atoms with Crippen molar-refractivity contribution in [2.24, 2.45) is 0 Å². The summed E-state index contributed by atoms with van der Waals surface area (Å²) in [4.78, 5) is 14.1. The Balaban J connectivity index is 1.98. The molecule has 0 saturated carbocycles. The van der Waals surface area contributed by atoms with Crippen LogP contribution in [0.5, 0.6) is 0 Å². The van der Waals surface area contributed by atoms with Crippen LogP contribution >= 0.6 is 0 Å². The third kappa shape index (κ3) is 1.73. The molecule has 3 rings (SSSR count). The van der Waals surface area contributed by atoms with Gasteiger partial charge in [-0.05, 0) is 36.6 Å². The molecule has 0 atom stereocenters. The van der Waals surface area contributed by atoms with Crippen LogP contribution < -0.4 is 4.90 Å². The van der Waals surface area contributed by atoms with Crippen LogP contribution in [0.4, 0.5) is 5.69 Å². The molecule has 86 valence electrons. The molecule has 0 aliphatic carbocycles. The zero-order valence-corrected chi connectivity index (χ0v) is 9.43. The van der Waals surface area contributed by atoms with Gasteiger partial charge in [-0.1, -0.05) is 18.2 Å². The molecule has 1 aromatic carbocycles. The number of anilines is 1. The van der Waals surface area contributed by atoms with Crippen LogP contribution in [0, 0.1) is 0 Å². The number of hydrogen-bond acceptors (Lipinski definition) is 2. The van der Waals surface area contributed by atoms with Gasteiger partial charge in [0.05, 0.1) is 6.26 Å². The second-order valence-electron chi connectivity index (χ2n) is 4.17. The fourth-order valence-electron chi connectivity index (χ4n) is 2.28. The van der Waals surface area contributed by atoms with E-state index in [4.69, 9.17) is 4.42 Å². The van der Waals surface area contributed by atoms with Crippen LogP contribution in [0.3, 0.4) is 0 Å². The molecule has 0 unspecified atom stereocenters. The fourth-order valence-corrected chi connectivity index (χ4v) is 2.28. The van der Waals surface area contributed by atoms with Crippen LogP contribution in [0.2, 0.25) is 0 Å². The molecule has 3 heteroatoms. The highest BCUT2D eigenvalue weighted by atomic mass is 16.3. The maximum absolute atomic E-state index is 12.3. The lowest BCUT2D eigenvalue weighted by atomic mass is 10.0. The van der Waals surface area contributed by atoms with Crippen molar-refractivity contribution >= 4 is 11.6 Å². The number of carbonyl (C=O) groups is 1. The first kappa shape index (κ1) is 10.1. The predicted octanol–water partition coefficient (Wildman–Crippen LogP) is 2.87. The minimum Gasteiger partial charge on any atom is -0.459 e. The van der Waals surface area contributed by atoms with Crippen molar-refractivity contribution in [2.75, 3.05) is 11.4 Å². The summed E-state index contributed by atoms with van der Waals surface area (Å²) in [5.74, 6) is 0.351. The van der Waals surface area contributed by atoms with Crippen molar-refractivity contribution in [1.82, 2.24) is 0 Å². The van der Waals surface area contributed by atoms with Gasteiger partial charge in [0.25, 0.3) is 5.91 Å². The second kappa shape index (κ2) is 4.09. The molecule has 1 aromatic heterocycles. The van der Waals surface area contributed by atoms with Gasteiger partial charge in [-0.15, -0.1) is 0 Å². The van der Waals surface area contributed by atoms with Gasteiger partial charge in [-0.2, -0.15) is 0 Å². The molecule has 3 nitrogen and oxygen atoms in total. The van der Waals surface area contributed by atoms with E-state index in [9.17, 15) is 4.79 Å². The average molecular weight is 227 g/mol. The minimum absolute atomic E-state index is 0.0536. The third-order valence-electron chi connectivity index (χ3n) is 3.09. The number of hydrogen-bond donors (Lipinski definition) is 0. The van der Waals surface area contributed by atoms with Crippen molar-refractivity contribution in [3.63, 3.8) is 0 Å². The van der Waals surface area contributed by atoms with Gasteiger partial charge in [0.2, 0.25) is 0 Å². The highest BCUT2D eigenvalue weighted by molar-refractivity contribution is 6.04. The molecular weight excluding hydrogens is 214 g/mol. The van der Waals surface area contributed by atoms with Crippen molar-refractivity contribution in [2.45, 2.75) is 12.8 Å². The number of para-hydroxylation sites is 1. The van der Waals surface area contributed by atoms with E-state index < -0.39 is 0 Å². The molecule has 0 bridgehead atoms. The van der Waals surface area contributed by atoms with Crippen LogP contribution in [0.25, 0.3) is 0 Å². The van der Waals surface area contributed by atoms with Crippen molar-refractivity contribution in [3.8, 4) is 0 Å². The van der Waals surface area contributed by atoms with Crippen molar-refractivity contribution in [1.29, 1.82) is 0 Å². The summed E-state index contributed by atoms with van der Waals surface area (Å²) >= 11 is 0. The molecule has 0 radical (unpaired) electrons. The molecule has 17 heavy (non-hydrogen) atoms. The maximum Gasteiger partial charge on any atom is 0.293 e. The standard InChI is InChI=1S/C14H13NO2/c16-14(13-8-4-10-17-13)15-9-3-6-11-5-1-2-7-12(11)15/h1-2,4-5,7-8,10H,3,6,9H2. The van der Waals surface area contributed by atoms with Gasteiger partial charge in [-0.25, -0.2) is 0 Å². The molecule has 0 spiro atoms. The van der Waals surface area contributed by atoms with Crippen LogP contribution in [0.15, 0.2) is 47.1 Å². The van der Waals surface area contributed by atoms with Gasteiger partial charge in [0.1, 0.15) is 0 Å². The summed E-state index contributed by atoms with van der Waals surface area (Å²) in [5, 5.41) is 0. The zero-order valence-electron chi connectivity index (χ0n) is 9.43. The van der Waals surface area contributed by atoms with Crippen molar-refractivity contribution in [3.05, 3.63) is 54.0 Å². The number of nitrogens with zero attached hydrogens (tertiary/aromatic N) is 1. The number of furan rings is 1. The van der Waals surface area contributed by atoms with E-state index in [1.165, 1.54) is 11.8 Å². The minimum atomic E-state index is -0.0536. The SMILES string of the molecule is O=C(c1ccco1)N1CCCc2ccccc21. The largest absolute Gasteiger partial charge is 0.459 e. The average Bonchev–Trinajstić information content (AvgIpc) is 2.91. The summed E-state index contributed by atoms with van der Waals surface area (Å²) in [7, 11) is 0. The summed E-state index contributed by atoms with van der Waals surface area (Å²) in [5.41, 5.74) is 2.25. The molecule has 1 amide bonds. The van der Waals surface area contributed by atoms with Crippen LogP contribution in [0.1, 0.15) is 22.5 Å². The predicted molar refractivity (Wildman–Crippen MR) is 65.1 cm³/mol. The Labute approximate surface area is 99.7 Å². The Morgan fingerprint density at radius 2 is 2.06 bits per heavy atom. The van der Waals surface area contributed by atoms with Gasteiger partial charge in [0, 0.05) is 12.2 Å². The summed E-state index contributed by atoms with van der Waals surface area (Å²) in [6.07, 6.45) is 3.57. The Kier molecular flexibility index (Phi) is 2.44. The van der Waals surface area contributed by atoms with E-state index in [1.807, 2.05) is 18.2 Å². The molecule has 2 aromatic rings. The van der Waals surface area contributed by atoms with Gasteiger partial charge in [0.15, 0.2) is 5.76 Å². The van der Waals surface area contributed by atoms with Gasteiger partial charge < -0.3 is 9.32 Å². The summed E-state index contributed by atoms with van der Waals surface area (Å²) < 4.78 is 5.17. The number of rotatable bonds is 1. The number of aryl methyl sites for hydroxylation is 1. The Morgan fingerprint density at radius 3 is 2.88 bits per heavy atom. The first-order chi connectivity index (χ1) is 8.36. The van der Waals surface area contributed by atoms with Gasteiger partial charge in [-0.3, -0.25) is 4.79 Å². The fraction of sp³-hybridized carbons (Fsp3) is 0.214. The first-order valence-electron chi connectivity index (χ1n) is 5.79. The topological polar surface area (TPSA) is 33.5 Å². The van der Waals surface area contributed by atoms with Gasteiger partial charge >= 0.3 is 0 Å². The van der Waals surface area contributed by atoms with E-state index in [2.05, 4.69) is 6.07 Å². The number of amides is 1. The van der Waals surface area contributed by atoms with E-state index >= 15 is 0 Å². The maximum atomic E-state index is 12.3. The monoisotopic (exact) mass is 227 g/mol. The lowest BCUT2D eigenvalue weighted by molar-refractivity contribution is 0.0958.